The van der Waals surface area contributed by atoms with Crippen molar-refractivity contribution < 1.29 is 28.5 Å². The number of allylic oxidation sites excluding steroid dienone is 2. The van der Waals surface area contributed by atoms with Gasteiger partial charge in [-0.3, -0.25) is 0 Å². The minimum Gasteiger partial charge on any atom is -0.489 e. The number of benzene rings is 3. The molecule has 3 aromatic carbocycles. The van der Waals surface area contributed by atoms with Gasteiger partial charge in [0.15, 0.2) is 0 Å². The van der Waals surface area contributed by atoms with Gasteiger partial charge in [-0.2, -0.15) is 0 Å². The number of hydrogen-bond acceptors (Lipinski definition) is 7. The van der Waals surface area contributed by atoms with E-state index in [0.29, 0.717) is 24.0 Å². The third-order valence-electron chi connectivity index (χ3n) is 6.03. The summed E-state index contributed by atoms with van der Waals surface area (Å²) in [6.45, 7) is 11.1. The summed E-state index contributed by atoms with van der Waals surface area (Å²) in [5, 5.41) is 1.81. The molecule has 0 heterocycles. The number of fused-ring (bicyclic) bond motifs is 2. The Morgan fingerprint density at radius 2 is 1.26 bits per heavy atom. The molecule has 4 rings (SSSR count). The largest absolute Gasteiger partial charge is 0.489 e. The van der Waals surface area contributed by atoms with Crippen LogP contribution in [0.25, 0.3) is 10.8 Å². The van der Waals surface area contributed by atoms with Crippen LogP contribution in [0.5, 0.6) is 11.5 Å². The highest BCUT2D eigenvalue weighted by Crippen LogP contribution is 2.46. The molecule has 0 saturated carbocycles. The van der Waals surface area contributed by atoms with Crippen LogP contribution >= 0.6 is 11.8 Å². The molecule has 0 aliphatic heterocycles. The van der Waals surface area contributed by atoms with E-state index in [-0.39, 0.29) is 26.4 Å². The Morgan fingerprint density at radius 3 is 1.79 bits per heavy atom. The molecule has 6 nitrogen and oxygen atoms in total. The average Bonchev–Trinajstić information content (AvgIpc) is 2.94. The standard InChI is InChI=1S/C32H32O6S/c1-21(2)31(33)37-18-16-35-29-25-12-8-9-13-26(25)30(36-17-19-38-32(34)22(3)4)28-20-24(14-15-27(28)29)39-23-10-6-5-7-11-23/h5-14H,1,3,15-20H2,2,4H3. The van der Waals surface area contributed by atoms with Crippen LogP contribution in [0.4, 0.5) is 0 Å². The zero-order valence-corrected chi connectivity index (χ0v) is 23.1. The number of rotatable bonds is 12. The first kappa shape index (κ1) is 28.0. The summed E-state index contributed by atoms with van der Waals surface area (Å²) in [6.07, 6.45) is 3.56. The molecule has 0 unspecified atom stereocenters. The van der Waals surface area contributed by atoms with Crippen molar-refractivity contribution in [1.29, 1.82) is 0 Å². The first-order chi connectivity index (χ1) is 18.8. The lowest BCUT2D eigenvalue weighted by molar-refractivity contribution is -0.140. The summed E-state index contributed by atoms with van der Waals surface area (Å²) in [7, 11) is 0. The van der Waals surface area contributed by atoms with E-state index in [2.05, 4.69) is 31.4 Å². The van der Waals surface area contributed by atoms with E-state index in [1.165, 1.54) is 4.91 Å². The molecule has 202 valence electrons. The first-order valence-electron chi connectivity index (χ1n) is 12.7. The highest BCUT2D eigenvalue weighted by atomic mass is 32.2. The second kappa shape index (κ2) is 13.2. The van der Waals surface area contributed by atoms with Crippen molar-refractivity contribution in [3.05, 3.63) is 101 Å². The van der Waals surface area contributed by atoms with Crippen molar-refractivity contribution >= 4 is 34.5 Å². The minimum atomic E-state index is -0.439. The Morgan fingerprint density at radius 1 is 0.744 bits per heavy atom. The van der Waals surface area contributed by atoms with Crippen molar-refractivity contribution in [3.8, 4) is 11.5 Å². The van der Waals surface area contributed by atoms with Crippen LogP contribution in [0.2, 0.25) is 0 Å². The molecule has 0 atom stereocenters. The fourth-order valence-corrected chi connectivity index (χ4v) is 5.17. The second-order valence-corrected chi connectivity index (χ2v) is 10.4. The molecule has 0 bridgehead atoms. The molecule has 0 saturated heterocycles. The molecule has 0 fully saturated rings. The van der Waals surface area contributed by atoms with Gasteiger partial charge in [0.1, 0.15) is 37.9 Å². The maximum atomic E-state index is 11.8. The van der Waals surface area contributed by atoms with Crippen molar-refractivity contribution in [2.24, 2.45) is 0 Å². The van der Waals surface area contributed by atoms with Crippen LogP contribution in [-0.2, 0) is 31.9 Å². The van der Waals surface area contributed by atoms with Gasteiger partial charge in [0.05, 0.1) is 0 Å². The van der Waals surface area contributed by atoms with Gasteiger partial charge in [0, 0.05) is 44.4 Å². The normalized spacial score (nSPS) is 12.2. The first-order valence-corrected chi connectivity index (χ1v) is 13.6. The Labute approximate surface area is 233 Å². The molecule has 0 radical (unpaired) electrons. The van der Waals surface area contributed by atoms with Gasteiger partial charge in [-0.1, -0.05) is 73.5 Å². The highest BCUT2D eigenvalue weighted by molar-refractivity contribution is 8.03. The average molecular weight is 545 g/mol. The van der Waals surface area contributed by atoms with Crippen molar-refractivity contribution in [3.63, 3.8) is 0 Å². The van der Waals surface area contributed by atoms with E-state index >= 15 is 0 Å². The monoisotopic (exact) mass is 544 g/mol. The van der Waals surface area contributed by atoms with Crippen LogP contribution in [0.1, 0.15) is 25.0 Å². The number of carbonyl (C=O) groups excluding carboxylic acids is 2. The molecule has 1 aliphatic carbocycles. The predicted molar refractivity (Wildman–Crippen MR) is 154 cm³/mol. The van der Waals surface area contributed by atoms with Crippen molar-refractivity contribution in [2.45, 2.75) is 31.6 Å². The number of ether oxygens (including phenoxy) is 4. The molecule has 0 N–H and O–H groups in total. The third kappa shape index (κ3) is 7.12. The quantitative estimate of drug-likeness (QED) is 0.144. The molecule has 3 aromatic rings. The topological polar surface area (TPSA) is 71.1 Å². The fraction of sp³-hybridized carbons (Fsp3) is 0.250. The summed E-state index contributed by atoms with van der Waals surface area (Å²) < 4.78 is 23.1. The number of thioether (sulfide) groups is 1. The van der Waals surface area contributed by atoms with Gasteiger partial charge < -0.3 is 18.9 Å². The van der Waals surface area contributed by atoms with Gasteiger partial charge in [-0.15, -0.1) is 0 Å². The van der Waals surface area contributed by atoms with Gasteiger partial charge in [0.25, 0.3) is 0 Å². The van der Waals surface area contributed by atoms with Crippen LogP contribution in [-0.4, -0.2) is 38.4 Å². The summed E-state index contributed by atoms with van der Waals surface area (Å²) in [4.78, 5) is 26.0. The summed E-state index contributed by atoms with van der Waals surface area (Å²) in [5.41, 5.74) is 2.77. The van der Waals surface area contributed by atoms with Crippen molar-refractivity contribution in [2.75, 3.05) is 26.4 Å². The van der Waals surface area contributed by atoms with E-state index in [0.717, 1.165) is 38.3 Å². The Balaban J connectivity index is 1.64. The Bertz CT molecular complexity index is 1420. The molecule has 1 aliphatic rings. The van der Waals surface area contributed by atoms with E-state index in [9.17, 15) is 9.59 Å². The Kier molecular flexibility index (Phi) is 9.49. The highest BCUT2D eigenvalue weighted by Gasteiger charge is 2.25. The van der Waals surface area contributed by atoms with Gasteiger partial charge in [0.2, 0.25) is 0 Å². The van der Waals surface area contributed by atoms with Crippen LogP contribution in [0, 0.1) is 0 Å². The van der Waals surface area contributed by atoms with Gasteiger partial charge in [-0.25, -0.2) is 9.59 Å². The third-order valence-corrected chi connectivity index (χ3v) is 7.11. The van der Waals surface area contributed by atoms with E-state index < -0.39 is 11.9 Å². The number of carbonyl (C=O) groups is 2. The second-order valence-electron chi connectivity index (χ2n) is 9.16. The van der Waals surface area contributed by atoms with Gasteiger partial charge >= 0.3 is 11.9 Å². The summed E-state index contributed by atoms with van der Waals surface area (Å²) in [5.74, 6) is 0.638. The SMILES string of the molecule is C=C(C)C(=O)OCCOc1c2c(c(OCCOC(=O)C(=C)C)c3ccccc13)CC(Sc1ccccc1)=CC2. The van der Waals surface area contributed by atoms with E-state index in [1.807, 2.05) is 42.5 Å². The van der Waals surface area contributed by atoms with Gasteiger partial charge in [-0.05, 0) is 37.3 Å². The Hall–Kier alpha value is -3.97. The van der Waals surface area contributed by atoms with E-state index in [1.54, 1.807) is 25.6 Å². The number of esters is 2. The molecule has 7 heteroatoms. The summed E-state index contributed by atoms with van der Waals surface area (Å²) >= 11 is 1.73. The fourth-order valence-electron chi connectivity index (χ4n) is 4.19. The lowest BCUT2D eigenvalue weighted by Crippen LogP contribution is -2.16. The molecule has 0 aromatic heterocycles. The van der Waals surface area contributed by atoms with Crippen LogP contribution in [0.3, 0.4) is 0 Å². The van der Waals surface area contributed by atoms with E-state index in [4.69, 9.17) is 18.9 Å². The zero-order valence-electron chi connectivity index (χ0n) is 22.3. The van der Waals surface area contributed by atoms with Crippen LogP contribution < -0.4 is 9.47 Å². The maximum Gasteiger partial charge on any atom is 0.333 e. The molecule has 0 spiro atoms. The molecular formula is C32H32O6S. The lowest BCUT2D eigenvalue weighted by Gasteiger charge is -2.25. The zero-order chi connectivity index (χ0) is 27.8. The summed E-state index contributed by atoms with van der Waals surface area (Å²) in [6, 6.07) is 18.2. The maximum absolute atomic E-state index is 11.8. The molecule has 0 amide bonds. The molecular weight excluding hydrogens is 512 g/mol. The minimum absolute atomic E-state index is 0.114. The predicted octanol–water partition coefficient (Wildman–Crippen LogP) is 6.61. The molecule has 39 heavy (non-hydrogen) atoms. The van der Waals surface area contributed by atoms with Crippen molar-refractivity contribution in [1.82, 2.24) is 0 Å². The number of hydrogen-bond donors (Lipinski definition) is 0. The van der Waals surface area contributed by atoms with Crippen LogP contribution in [0.15, 0.2) is 94.8 Å². The lowest BCUT2D eigenvalue weighted by atomic mass is 9.90. The smallest absolute Gasteiger partial charge is 0.333 e.